The second kappa shape index (κ2) is 12.3. The van der Waals surface area contributed by atoms with Crippen LogP contribution in [0.15, 0.2) is 88.4 Å². The number of ether oxygens (including phenoxy) is 2. The molecule has 7 rings (SSSR count). The topological polar surface area (TPSA) is 109 Å². The molecule has 4 aromatic rings. The molecular weight excluding hydrogens is 611 g/mol. The number of anilines is 2. The van der Waals surface area contributed by atoms with Crippen LogP contribution in [0.5, 0.6) is 5.75 Å². The van der Waals surface area contributed by atoms with Crippen LogP contribution in [-0.2, 0) is 28.0 Å². The van der Waals surface area contributed by atoms with Gasteiger partial charge in [-0.2, -0.15) is 12.7 Å². The van der Waals surface area contributed by atoms with Gasteiger partial charge in [-0.25, -0.2) is 9.37 Å². The van der Waals surface area contributed by atoms with Crippen molar-refractivity contribution in [2.24, 2.45) is 4.99 Å². The normalized spacial score (nSPS) is 18.2. The van der Waals surface area contributed by atoms with Crippen LogP contribution in [0.25, 0.3) is 5.65 Å². The van der Waals surface area contributed by atoms with Crippen LogP contribution in [0, 0.1) is 5.82 Å². The highest BCUT2D eigenvalue weighted by atomic mass is 32.2. The van der Waals surface area contributed by atoms with Crippen molar-refractivity contribution >= 4 is 32.9 Å². The van der Waals surface area contributed by atoms with Crippen molar-refractivity contribution in [3.05, 3.63) is 112 Å². The lowest BCUT2D eigenvalue weighted by molar-refractivity contribution is 0.122. The molecule has 238 valence electrons. The van der Waals surface area contributed by atoms with E-state index in [-0.39, 0.29) is 36.1 Å². The summed E-state index contributed by atoms with van der Waals surface area (Å²) in [6, 6.07) is 17.6. The Balaban J connectivity index is 1.35. The number of hydrogen-bond donors (Lipinski definition) is 0. The molecule has 2 saturated heterocycles. The Morgan fingerprint density at radius 3 is 2.46 bits per heavy atom. The van der Waals surface area contributed by atoms with Crippen molar-refractivity contribution in [1.29, 1.82) is 0 Å². The van der Waals surface area contributed by atoms with Gasteiger partial charge in [0.1, 0.15) is 18.1 Å². The molecule has 0 bridgehead atoms. The van der Waals surface area contributed by atoms with Gasteiger partial charge < -0.3 is 14.4 Å². The Labute approximate surface area is 266 Å². The first-order valence-corrected chi connectivity index (χ1v) is 16.5. The Morgan fingerprint density at radius 2 is 1.74 bits per heavy atom. The highest BCUT2D eigenvalue weighted by Gasteiger charge is 2.37. The van der Waals surface area contributed by atoms with Gasteiger partial charge in [0.05, 0.1) is 30.3 Å². The molecule has 0 saturated carbocycles. The number of morpholine rings is 1. The molecule has 2 aromatic heterocycles. The van der Waals surface area contributed by atoms with Crippen molar-refractivity contribution in [2.75, 3.05) is 55.6 Å². The summed E-state index contributed by atoms with van der Waals surface area (Å²) >= 11 is 0. The minimum atomic E-state index is -3.84. The number of pyridine rings is 1. The van der Waals surface area contributed by atoms with E-state index < -0.39 is 15.8 Å². The standard InChI is InChI=1S/C33H33FN6O5S/c1-37-11-12-40(46(37,42)43)29-19-27(38-13-15-44-16-14-38)21-39-32(29)36-30(31(33(39)41)45-22-24-5-3-2-4-6-24)28-18-25(20-35-28)17-23-7-9-26(34)10-8-23/h2-10,19-21H,11-18,22H2,1H3. The second-order valence-electron chi connectivity index (χ2n) is 11.5. The van der Waals surface area contributed by atoms with Crippen LogP contribution in [-0.4, -0.2) is 74.3 Å². The summed E-state index contributed by atoms with van der Waals surface area (Å²) in [5, 5.41) is 0. The minimum absolute atomic E-state index is 0.0306. The average Bonchev–Trinajstić information content (AvgIpc) is 3.64. The van der Waals surface area contributed by atoms with E-state index in [0.29, 0.717) is 62.8 Å². The molecule has 0 aliphatic carbocycles. The quantitative estimate of drug-likeness (QED) is 0.289. The van der Waals surface area contributed by atoms with Gasteiger partial charge in [0.2, 0.25) is 5.75 Å². The lowest BCUT2D eigenvalue weighted by Crippen LogP contribution is -2.37. The predicted octanol–water partition coefficient (Wildman–Crippen LogP) is 3.57. The summed E-state index contributed by atoms with van der Waals surface area (Å²) in [5.41, 5.74) is 4.27. The number of halogens is 1. The van der Waals surface area contributed by atoms with Crippen LogP contribution in [0.2, 0.25) is 0 Å². The maximum absolute atomic E-state index is 14.4. The van der Waals surface area contributed by atoms with E-state index in [0.717, 1.165) is 16.7 Å². The molecule has 2 fully saturated rings. The SMILES string of the molecule is CN1CCN(c2cc(N3CCOCC3)cn3c(=O)c(OCc4ccccc4)c(C4=NC=C(Cc5ccc(F)cc5)C4)nc23)S1(=O)=O. The van der Waals surface area contributed by atoms with E-state index in [1.54, 1.807) is 30.6 Å². The molecule has 0 spiro atoms. The van der Waals surface area contributed by atoms with E-state index in [9.17, 15) is 17.6 Å². The summed E-state index contributed by atoms with van der Waals surface area (Å²) in [4.78, 5) is 26.1. The first-order valence-electron chi connectivity index (χ1n) is 15.1. The average molecular weight is 645 g/mol. The number of fused-ring (bicyclic) bond motifs is 1. The zero-order valence-electron chi connectivity index (χ0n) is 25.3. The predicted molar refractivity (Wildman–Crippen MR) is 174 cm³/mol. The smallest absolute Gasteiger partial charge is 0.304 e. The third kappa shape index (κ3) is 5.77. The zero-order chi connectivity index (χ0) is 31.8. The van der Waals surface area contributed by atoms with Crippen LogP contribution < -0.4 is 19.5 Å². The van der Waals surface area contributed by atoms with Gasteiger partial charge in [-0.1, -0.05) is 42.5 Å². The van der Waals surface area contributed by atoms with Gasteiger partial charge >= 0.3 is 15.8 Å². The van der Waals surface area contributed by atoms with Crippen LogP contribution in [0.3, 0.4) is 0 Å². The number of rotatable bonds is 8. The highest BCUT2D eigenvalue weighted by molar-refractivity contribution is 7.90. The molecular formula is C33H33FN6O5S. The van der Waals surface area contributed by atoms with Crippen molar-refractivity contribution < 1.29 is 22.3 Å². The number of aromatic nitrogens is 2. The largest absolute Gasteiger partial charge is 0.481 e. The second-order valence-corrected chi connectivity index (χ2v) is 13.4. The van der Waals surface area contributed by atoms with Gasteiger partial charge in [0, 0.05) is 52.0 Å². The number of hydrogen-bond acceptors (Lipinski definition) is 8. The van der Waals surface area contributed by atoms with Gasteiger partial charge in [-0.05, 0) is 41.3 Å². The Morgan fingerprint density at radius 1 is 0.978 bits per heavy atom. The first-order chi connectivity index (χ1) is 22.3. The van der Waals surface area contributed by atoms with Crippen molar-refractivity contribution in [3.8, 4) is 5.75 Å². The summed E-state index contributed by atoms with van der Waals surface area (Å²) in [5.74, 6) is -0.274. The van der Waals surface area contributed by atoms with Gasteiger partial charge in [-0.3, -0.25) is 18.5 Å². The third-order valence-corrected chi connectivity index (χ3v) is 10.3. The van der Waals surface area contributed by atoms with Crippen LogP contribution in [0.4, 0.5) is 15.8 Å². The van der Waals surface area contributed by atoms with E-state index >= 15 is 0 Å². The summed E-state index contributed by atoms with van der Waals surface area (Å²) in [6.45, 7) is 2.85. The van der Waals surface area contributed by atoms with Crippen molar-refractivity contribution in [2.45, 2.75) is 19.4 Å². The van der Waals surface area contributed by atoms with Crippen molar-refractivity contribution in [1.82, 2.24) is 13.7 Å². The zero-order valence-corrected chi connectivity index (χ0v) is 26.1. The molecule has 0 unspecified atom stereocenters. The molecule has 11 nitrogen and oxygen atoms in total. The van der Waals surface area contributed by atoms with Crippen LogP contribution >= 0.6 is 0 Å². The summed E-state index contributed by atoms with van der Waals surface area (Å²) in [6.07, 6.45) is 4.38. The highest BCUT2D eigenvalue weighted by Crippen LogP contribution is 2.34. The number of benzene rings is 2. The number of nitrogens with zero attached hydrogens (tertiary/aromatic N) is 6. The molecule has 0 amide bonds. The molecule has 0 radical (unpaired) electrons. The van der Waals surface area contributed by atoms with Gasteiger partial charge in [-0.15, -0.1) is 0 Å². The van der Waals surface area contributed by atoms with Gasteiger partial charge in [0.25, 0.3) is 0 Å². The Kier molecular flexibility index (Phi) is 8.05. The van der Waals surface area contributed by atoms with E-state index in [2.05, 4.69) is 9.89 Å². The number of allylic oxidation sites excluding steroid dienone is 1. The third-order valence-electron chi connectivity index (χ3n) is 8.43. The fourth-order valence-electron chi connectivity index (χ4n) is 5.89. The maximum atomic E-state index is 14.4. The molecule has 3 aliphatic rings. The fourth-order valence-corrected chi connectivity index (χ4v) is 7.24. The Hall–Kier alpha value is -4.59. The lowest BCUT2D eigenvalue weighted by Gasteiger charge is -2.30. The first kappa shape index (κ1) is 30.1. The monoisotopic (exact) mass is 644 g/mol. The van der Waals surface area contributed by atoms with Crippen LogP contribution in [0.1, 0.15) is 23.2 Å². The molecule has 2 aromatic carbocycles. The molecule has 0 atom stereocenters. The number of aliphatic imine (C=N–C) groups is 1. The Bertz CT molecular complexity index is 2010. The van der Waals surface area contributed by atoms with Gasteiger partial charge in [0.15, 0.2) is 5.65 Å². The summed E-state index contributed by atoms with van der Waals surface area (Å²) in [7, 11) is -2.30. The van der Waals surface area contributed by atoms with E-state index in [1.807, 2.05) is 30.3 Å². The van der Waals surface area contributed by atoms with Crippen molar-refractivity contribution in [3.63, 3.8) is 0 Å². The lowest BCUT2D eigenvalue weighted by atomic mass is 10.0. The molecule has 0 N–H and O–H groups in total. The number of likely N-dealkylation sites (N-methyl/N-ethyl adjacent to an activating group) is 1. The molecule has 13 heteroatoms. The van der Waals surface area contributed by atoms with E-state index in [4.69, 9.17) is 14.5 Å². The minimum Gasteiger partial charge on any atom is -0.481 e. The van der Waals surface area contributed by atoms with E-state index in [1.165, 1.54) is 32.2 Å². The molecule has 46 heavy (non-hydrogen) atoms. The fraction of sp³-hybridized carbons (Fsp3) is 0.303. The maximum Gasteiger partial charge on any atom is 0.304 e. The molecule has 3 aliphatic heterocycles. The summed E-state index contributed by atoms with van der Waals surface area (Å²) < 4.78 is 56.1. The molecule has 5 heterocycles.